The number of imidazole rings is 1. The number of halogens is 1. The van der Waals surface area contributed by atoms with Crippen LogP contribution < -0.4 is 5.32 Å². The van der Waals surface area contributed by atoms with Crippen LogP contribution in [0.5, 0.6) is 0 Å². The molecule has 1 fully saturated rings. The standard InChI is InChI=1S/C15H19FN4OS/c1-10-17-7-14(19-10)15(21)18-6-12-5-11(16)8-20(12)9-13-3-2-4-22-13/h2-4,7,11-12H,5-6,8-9H2,1H3,(H,17,19)(H,18,21)/t11-,12-/m0/s1. The van der Waals surface area contributed by atoms with Crippen LogP contribution in [-0.2, 0) is 6.54 Å². The molecule has 0 aliphatic carbocycles. The zero-order valence-corrected chi connectivity index (χ0v) is 13.2. The number of hydrogen-bond donors (Lipinski definition) is 2. The van der Waals surface area contributed by atoms with E-state index in [4.69, 9.17) is 0 Å². The van der Waals surface area contributed by atoms with Crippen LogP contribution in [0.1, 0.15) is 27.6 Å². The summed E-state index contributed by atoms with van der Waals surface area (Å²) in [6.07, 6.45) is 1.16. The van der Waals surface area contributed by atoms with E-state index in [1.54, 1.807) is 18.3 Å². The lowest BCUT2D eigenvalue weighted by molar-refractivity contribution is 0.0935. The van der Waals surface area contributed by atoms with Crippen LogP contribution in [0.15, 0.2) is 23.7 Å². The molecule has 1 aliphatic rings. The van der Waals surface area contributed by atoms with Crippen molar-refractivity contribution in [3.63, 3.8) is 0 Å². The molecule has 2 N–H and O–H groups in total. The monoisotopic (exact) mass is 322 g/mol. The van der Waals surface area contributed by atoms with Crippen LogP contribution in [0.3, 0.4) is 0 Å². The molecule has 7 heteroatoms. The second-order valence-electron chi connectivity index (χ2n) is 5.59. The lowest BCUT2D eigenvalue weighted by Gasteiger charge is -2.23. The van der Waals surface area contributed by atoms with Gasteiger partial charge in [0.25, 0.3) is 5.91 Å². The second-order valence-corrected chi connectivity index (χ2v) is 6.62. The molecule has 1 aliphatic heterocycles. The molecule has 2 atom stereocenters. The van der Waals surface area contributed by atoms with Gasteiger partial charge in [-0.3, -0.25) is 9.69 Å². The Hall–Kier alpha value is -1.73. The lowest BCUT2D eigenvalue weighted by atomic mass is 10.2. The van der Waals surface area contributed by atoms with E-state index >= 15 is 0 Å². The van der Waals surface area contributed by atoms with Gasteiger partial charge in [0.1, 0.15) is 17.7 Å². The van der Waals surface area contributed by atoms with Crippen LogP contribution in [0.4, 0.5) is 4.39 Å². The third-order valence-electron chi connectivity index (χ3n) is 3.86. The first kappa shape index (κ1) is 15.2. The van der Waals surface area contributed by atoms with Crippen molar-refractivity contribution in [3.8, 4) is 0 Å². The molecule has 2 aromatic heterocycles. The third-order valence-corrected chi connectivity index (χ3v) is 4.72. The molecular formula is C15H19FN4OS. The maximum atomic E-state index is 13.7. The normalized spacial score (nSPS) is 22.1. The van der Waals surface area contributed by atoms with E-state index in [1.165, 1.54) is 11.1 Å². The number of amides is 1. The molecule has 0 spiro atoms. The Balaban J connectivity index is 1.56. The Kier molecular flexibility index (Phi) is 4.54. The van der Waals surface area contributed by atoms with E-state index in [0.717, 1.165) is 6.54 Å². The van der Waals surface area contributed by atoms with Gasteiger partial charge >= 0.3 is 0 Å². The molecule has 0 aromatic carbocycles. The number of alkyl halides is 1. The van der Waals surface area contributed by atoms with E-state index in [0.29, 0.717) is 31.0 Å². The molecule has 2 aromatic rings. The van der Waals surface area contributed by atoms with Crippen molar-refractivity contribution in [2.75, 3.05) is 13.1 Å². The van der Waals surface area contributed by atoms with Crippen molar-refractivity contribution in [3.05, 3.63) is 40.1 Å². The fourth-order valence-corrected chi connectivity index (χ4v) is 3.50. The maximum absolute atomic E-state index is 13.7. The van der Waals surface area contributed by atoms with Gasteiger partial charge in [-0.2, -0.15) is 0 Å². The number of aromatic amines is 1. The number of likely N-dealkylation sites (tertiary alicyclic amines) is 1. The average molecular weight is 322 g/mol. The Morgan fingerprint density at radius 2 is 2.50 bits per heavy atom. The van der Waals surface area contributed by atoms with Crippen LogP contribution >= 0.6 is 11.3 Å². The largest absolute Gasteiger partial charge is 0.349 e. The smallest absolute Gasteiger partial charge is 0.269 e. The van der Waals surface area contributed by atoms with Gasteiger partial charge in [-0.1, -0.05) is 6.07 Å². The summed E-state index contributed by atoms with van der Waals surface area (Å²) in [7, 11) is 0. The van der Waals surface area contributed by atoms with Gasteiger partial charge in [0.2, 0.25) is 0 Å². The number of thiophene rings is 1. The summed E-state index contributed by atoms with van der Waals surface area (Å²) < 4.78 is 13.7. The molecule has 0 bridgehead atoms. The van der Waals surface area contributed by atoms with E-state index < -0.39 is 6.17 Å². The van der Waals surface area contributed by atoms with Gasteiger partial charge in [-0.25, -0.2) is 9.37 Å². The Morgan fingerprint density at radius 1 is 1.64 bits per heavy atom. The minimum atomic E-state index is -0.823. The highest BCUT2D eigenvalue weighted by atomic mass is 32.1. The Bertz CT molecular complexity index is 627. The number of nitrogens with zero attached hydrogens (tertiary/aromatic N) is 2. The fraction of sp³-hybridized carbons (Fsp3) is 0.467. The highest BCUT2D eigenvalue weighted by Crippen LogP contribution is 2.23. The zero-order chi connectivity index (χ0) is 15.5. The van der Waals surface area contributed by atoms with Crippen molar-refractivity contribution in [1.29, 1.82) is 0 Å². The zero-order valence-electron chi connectivity index (χ0n) is 12.4. The fourth-order valence-electron chi connectivity index (χ4n) is 2.77. The predicted molar refractivity (Wildman–Crippen MR) is 83.7 cm³/mol. The van der Waals surface area contributed by atoms with Gasteiger partial charge in [-0.15, -0.1) is 11.3 Å². The minimum absolute atomic E-state index is 0.0325. The van der Waals surface area contributed by atoms with Crippen molar-refractivity contribution in [2.45, 2.75) is 32.1 Å². The van der Waals surface area contributed by atoms with Crippen LogP contribution in [-0.4, -0.2) is 46.1 Å². The quantitative estimate of drug-likeness (QED) is 0.886. The number of hydrogen-bond acceptors (Lipinski definition) is 4. The number of aryl methyl sites for hydroxylation is 1. The van der Waals surface area contributed by atoms with Gasteiger partial charge in [0.15, 0.2) is 0 Å². The maximum Gasteiger partial charge on any atom is 0.269 e. The lowest BCUT2D eigenvalue weighted by Crippen LogP contribution is -2.39. The number of carbonyl (C=O) groups is 1. The number of carbonyl (C=O) groups excluding carboxylic acids is 1. The molecule has 5 nitrogen and oxygen atoms in total. The molecule has 22 heavy (non-hydrogen) atoms. The van der Waals surface area contributed by atoms with E-state index in [-0.39, 0.29) is 11.9 Å². The Labute approximate surface area is 132 Å². The first-order chi connectivity index (χ1) is 10.6. The molecule has 1 amide bonds. The molecule has 0 radical (unpaired) electrons. The third kappa shape index (κ3) is 3.53. The number of aromatic nitrogens is 2. The van der Waals surface area contributed by atoms with Gasteiger partial charge < -0.3 is 10.3 Å². The number of nitrogens with one attached hydrogen (secondary N) is 2. The summed E-state index contributed by atoms with van der Waals surface area (Å²) in [6, 6.07) is 4.09. The van der Waals surface area contributed by atoms with Crippen molar-refractivity contribution >= 4 is 17.2 Å². The average Bonchev–Trinajstić information content (AvgIpc) is 3.19. The predicted octanol–water partition coefficient (Wildman–Crippen LogP) is 2.12. The second kappa shape index (κ2) is 6.58. The first-order valence-electron chi connectivity index (χ1n) is 7.32. The molecule has 0 saturated carbocycles. The minimum Gasteiger partial charge on any atom is -0.349 e. The Morgan fingerprint density at radius 3 is 3.18 bits per heavy atom. The van der Waals surface area contributed by atoms with Crippen molar-refractivity contribution < 1.29 is 9.18 Å². The molecule has 3 heterocycles. The summed E-state index contributed by atoms with van der Waals surface area (Å²) in [5.74, 6) is 0.508. The van der Waals surface area contributed by atoms with Crippen LogP contribution in [0.2, 0.25) is 0 Å². The molecule has 118 valence electrons. The topological polar surface area (TPSA) is 61.0 Å². The van der Waals surface area contributed by atoms with Crippen molar-refractivity contribution in [2.24, 2.45) is 0 Å². The first-order valence-corrected chi connectivity index (χ1v) is 8.20. The summed E-state index contributed by atoms with van der Waals surface area (Å²) in [6.45, 7) is 3.41. The van der Waals surface area contributed by atoms with Crippen LogP contribution in [0.25, 0.3) is 0 Å². The van der Waals surface area contributed by atoms with Gasteiger partial charge in [0.05, 0.1) is 6.20 Å². The highest BCUT2D eigenvalue weighted by molar-refractivity contribution is 7.09. The SMILES string of the molecule is Cc1ncc(C(=O)NC[C@@H]2C[C@H](F)CN2Cc2cccs2)[nH]1. The van der Waals surface area contributed by atoms with E-state index in [2.05, 4.69) is 26.3 Å². The van der Waals surface area contributed by atoms with Crippen LogP contribution in [0, 0.1) is 6.92 Å². The molecular weight excluding hydrogens is 303 g/mol. The van der Waals surface area contributed by atoms with Crippen molar-refractivity contribution in [1.82, 2.24) is 20.2 Å². The van der Waals surface area contributed by atoms with E-state index in [9.17, 15) is 9.18 Å². The van der Waals surface area contributed by atoms with Gasteiger partial charge in [0, 0.05) is 30.6 Å². The summed E-state index contributed by atoms with van der Waals surface area (Å²) >= 11 is 1.67. The summed E-state index contributed by atoms with van der Waals surface area (Å²) in [4.78, 5) is 22.3. The summed E-state index contributed by atoms with van der Waals surface area (Å²) in [5.41, 5.74) is 0.442. The number of rotatable bonds is 5. The highest BCUT2D eigenvalue weighted by Gasteiger charge is 2.32. The summed E-state index contributed by atoms with van der Waals surface area (Å²) in [5, 5.41) is 4.89. The molecule has 1 saturated heterocycles. The van der Waals surface area contributed by atoms with E-state index in [1.807, 2.05) is 11.4 Å². The van der Waals surface area contributed by atoms with Gasteiger partial charge in [-0.05, 0) is 24.8 Å². The number of H-pyrrole nitrogens is 1. The molecule has 3 rings (SSSR count). The molecule has 0 unspecified atom stereocenters.